The van der Waals surface area contributed by atoms with Crippen LogP contribution >= 0.6 is 11.6 Å². The second kappa shape index (κ2) is 10.0. The molecule has 3 aliphatic rings. The molecule has 0 saturated carbocycles. The van der Waals surface area contributed by atoms with E-state index in [1.807, 2.05) is 0 Å². The van der Waals surface area contributed by atoms with E-state index in [9.17, 15) is 14.4 Å². The highest BCUT2D eigenvalue weighted by Gasteiger charge is 2.52. The molecule has 0 bridgehead atoms. The highest BCUT2D eigenvalue weighted by atomic mass is 35.5. The van der Waals surface area contributed by atoms with E-state index in [-0.39, 0.29) is 17.3 Å². The molecule has 2 aromatic heterocycles. The highest BCUT2D eigenvalue weighted by molar-refractivity contribution is 6.28. The van der Waals surface area contributed by atoms with Gasteiger partial charge < -0.3 is 23.8 Å². The third kappa shape index (κ3) is 4.54. The van der Waals surface area contributed by atoms with Crippen LogP contribution in [0, 0.1) is 0 Å². The van der Waals surface area contributed by atoms with Gasteiger partial charge in [0.05, 0.1) is 6.33 Å². The molecule has 13 heteroatoms. The minimum Gasteiger partial charge on any atom is -0.463 e. The minimum absolute atomic E-state index is 0.0204. The first kappa shape index (κ1) is 26.5. The van der Waals surface area contributed by atoms with Gasteiger partial charge >= 0.3 is 17.9 Å². The fourth-order valence-electron chi connectivity index (χ4n) is 6.13. The Hall–Kier alpha value is -3.77. The molecule has 4 heterocycles. The van der Waals surface area contributed by atoms with E-state index in [4.69, 9.17) is 30.5 Å². The number of nitrogens with zero attached hydrogens (tertiary/aromatic N) is 5. The summed E-state index contributed by atoms with van der Waals surface area (Å²) in [6.45, 7) is 5.06. The number of hydrogen-bond acceptors (Lipinski definition) is 11. The van der Waals surface area contributed by atoms with Crippen LogP contribution in [0.5, 0.6) is 0 Å². The van der Waals surface area contributed by atoms with Crippen LogP contribution in [-0.2, 0) is 45.2 Å². The van der Waals surface area contributed by atoms with Crippen LogP contribution in [0.1, 0.15) is 44.5 Å². The number of imidazole rings is 1. The number of carbonyl (C=O) groups is 3. The van der Waals surface area contributed by atoms with Crippen LogP contribution < -0.4 is 4.90 Å². The molecule has 0 N–H and O–H groups in total. The molecule has 1 aromatic carbocycles. The fraction of sp³-hybridized carbons (Fsp3) is 0.481. The Morgan fingerprint density at radius 2 is 1.77 bits per heavy atom. The third-order valence-electron chi connectivity index (χ3n) is 7.74. The summed E-state index contributed by atoms with van der Waals surface area (Å²) >= 11 is 6.41. The van der Waals surface area contributed by atoms with Gasteiger partial charge in [-0.25, -0.2) is 4.98 Å². The summed E-state index contributed by atoms with van der Waals surface area (Å²) in [5.41, 5.74) is 3.70. The van der Waals surface area contributed by atoms with Gasteiger partial charge in [-0.05, 0) is 35.6 Å². The highest BCUT2D eigenvalue weighted by Crippen LogP contribution is 2.47. The maximum Gasteiger partial charge on any atom is 0.303 e. The third-order valence-corrected chi connectivity index (χ3v) is 7.91. The number of halogens is 1. The molecule has 40 heavy (non-hydrogen) atoms. The zero-order valence-electron chi connectivity index (χ0n) is 22.2. The van der Waals surface area contributed by atoms with Crippen molar-refractivity contribution >= 4 is 46.5 Å². The van der Waals surface area contributed by atoms with E-state index in [2.05, 4.69) is 44.1 Å². The summed E-state index contributed by atoms with van der Waals surface area (Å²) in [5.74, 6) is -1.15. The van der Waals surface area contributed by atoms with Crippen LogP contribution in [0.4, 0.5) is 5.82 Å². The lowest BCUT2D eigenvalue weighted by Crippen LogP contribution is -2.58. The quantitative estimate of drug-likeness (QED) is 0.246. The Labute approximate surface area is 234 Å². The lowest BCUT2D eigenvalue weighted by molar-refractivity contribution is -0.166. The van der Waals surface area contributed by atoms with Crippen LogP contribution in [0.2, 0.25) is 5.28 Å². The van der Waals surface area contributed by atoms with Gasteiger partial charge in [-0.15, -0.1) is 0 Å². The molecule has 0 radical (unpaired) electrons. The molecule has 1 aliphatic carbocycles. The first-order valence-corrected chi connectivity index (χ1v) is 13.4. The average Bonchev–Trinajstić information content (AvgIpc) is 3.55. The first-order valence-electron chi connectivity index (χ1n) is 13.0. The molecular weight excluding hydrogens is 542 g/mol. The number of esters is 3. The van der Waals surface area contributed by atoms with Crippen molar-refractivity contribution in [1.29, 1.82) is 0 Å². The SMILES string of the molecule is CC(=O)OC[C@H]1O[C@@H](n2cnc3c(N4CC5(CCc6ccccc65)C4)nc(Cl)nc32)C(OC(C)=O)C1OC(C)=O. The number of carbonyl (C=O) groups excluding carboxylic acids is 3. The summed E-state index contributed by atoms with van der Waals surface area (Å²) < 4.78 is 23.9. The standard InChI is InChI=1S/C27H28ClN5O7/c1-14(34)37-10-19-21(38-15(2)35)22(39-16(3)36)25(40-19)33-13-29-20-23(30-26(28)31-24(20)33)32-11-27(12-32)9-8-17-6-4-5-7-18(17)27/h4-7,13,19,21-22,25H,8-12H2,1-3H3/t19-,21?,22?,25-/m1/s1. The van der Waals surface area contributed by atoms with Crippen LogP contribution in [0.15, 0.2) is 30.6 Å². The second-order valence-corrected chi connectivity index (χ2v) is 10.8. The maximum atomic E-state index is 12.1. The van der Waals surface area contributed by atoms with E-state index in [0.717, 1.165) is 25.9 Å². The summed E-state index contributed by atoms with van der Waals surface area (Å²) in [5, 5.41) is 0.0204. The average molecular weight is 570 g/mol. The van der Waals surface area contributed by atoms with E-state index >= 15 is 0 Å². The topological polar surface area (TPSA) is 135 Å². The second-order valence-electron chi connectivity index (χ2n) is 10.4. The van der Waals surface area contributed by atoms with Crippen LogP contribution in [-0.4, -0.2) is 75.4 Å². The van der Waals surface area contributed by atoms with Crippen molar-refractivity contribution in [1.82, 2.24) is 19.5 Å². The number of ether oxygens (including phenoxy) is 4. The normalized spacial score (nSPS) is 24.6. The Bertz CT molecular complexity index is 1500. The number of aromatic nitrogens is 4. The predicted molar refractivity (Wildman–Crippen MR) is 141 cm³/mol. The van der Waals surface area contributed by atoms with Crippen molar-refractivity contribution in [3.63, 3.8) is 0 Å². The van der Waals surface area contributed by atoms with E-state index in [0.29, 0.717) is 17.0 Å². The Balaban J connectivity index is 1.34. The number of aryl methyl sites for hydroxylation is 1. The molecule has 12 nitrogen and oxygen atoms in total. The monoisotopic (exact) mass is 569 g/mol. The summed E-state index contributed by atoms with van der Waals surface area (Å²) in [4.78, 5) is 51.1. The van der Waals surface area contributed by atoms with Gasteiger partial charge in [-0.3, -0.25) is 19.0 Å². The van der Waals surface area contributed by atoms with Gasteiger partial charge in [0.1, 0.15) is 12.7 Å². The largest absolute Gasteiger partial charge is 0.463 e. The lowest BCUT2D eigenvalue weighted by Gasteiger charge is -2.49. The zero-order valence-corrected chi connectivity index (χ0v) is 23.0. The number of benzene rings is 1. The number of rotatable bonds is 6. The molecule has 3 aromatic rings. The predicted octanol–water partition coefficient (Wildman–Crippen LogP) is 2.51. The molecule has 0 amide bonds. The maximum absolute atomic E-state index is 12.1. The summed E-state index contributed by atoms with van der Waals surface area (Å²) in [6, 6.07) is 8.54. The van der Waals surface area contributed by atoms with Crippen LogP contribution in [0.3, 0.4) is 0 Å². The van der Waals surface area contributed by atoms with Crippen molar-refractivity contribution in [2.45, 2.75) is 63.6 Å². The van der Waals surface area contributed by atoms with Gasteiger partial charge in [0.25, 0.3) is 0 Å². The van der Waals surface area contributed by atoms with Crippen molar-refractivity contribution < 1.29 is 33.3 Å². The lowest BCUT2D eigenvalue weighted by atomic mass is 9.75. The van der Waals surface area contributed by atoms with Gasteiger partial charge in [0, 0.05) is 39.3 Å². The van der Waals surface area contributed by atoms with Gasteiger partial charge in [-0.1, -0.05) is 24.3 Å². The molecule has 210 valence electrons. The van der Waals surface area contributed by atoms with Crippen molar-refractivity contribution in [3.8, 4) is 0 Å². The molecule has 2 fully saturated rings. The van der Waals surface area contributed by atoms with Crippen LogP contribution in [0.25, 0.3) is 11.2 Å². The number of anilines is 1. The van der Waals surface area contributed by atoms with Crippen molar-refractivity contribution in [2.75, 3.05) is 24.6 Å². The van der Waals surface area contributed by atoms with E-state index < -0.39 is 42.4 Å². The summed E-state index contributed by atoms with van der Waals surface area (Å²) in [7, 11) is 0. The molecule has 2 aliphatic heterocycles. The molecular formula is C27H28ClN5O7. The zero-order chi connectivity index (χ0) is 28.2. The van der Waals surface area contributed by atoms with E-state index in [1.54, 1.807) is 4.57 Å². The van der Waals surface area contributed by atoms with Gasteiger partial charge in [0.2, 0.25) is 5.28 Å². The fourth-order valence-corrected chi connectivity index (χ4v) is 6.29. The van der Waals surface area contributed by atoms with Crippen molar-refractivity contribution in [2.24, 2.45) is 0 Å². The van der Waals surface area contributed by atoms with Crippen molar-refractivity contribution in [3.05, 3.63) is 47.0 Å². The molecule has 1 spiro atoms. The molecule has 4 atom stereocenters. The molecule has 6 rings (SSSR count). The van der Waals surface area contributed by atoms with Gasteiger partial charge in [-0.2, -0.15) is 9.97 Å². The van der Waals surface area contributed by atoms with Gasteiger partial charge in [0.15, 0.2) is 35.4 Å². The Kier molecular flexibility index (Phi) is 6.62. The summed E-state index contributed by atoms with van der Waals surface area (Å²) in [6.07, 6.45) is -0.402. The van der Waals surface area contributed by atoms with E-state index in [1.165, 1.54) is 38.2 Å². The molecule has 2 saturated heterocycles. The Morgan fingerprint density at radius 1 is 1.05 bits per heavy atom. The minimum atomic E-state index is -1.07. The Morgan fingerprint density at radius 3 is 2.50 bits per heavy atom. The first-order chi connectivity index (χ1) is 19.1. The smallest absolute Gasteiger partial charge is 0.303 e. The number of fused-ring (bicyclic) bond motifs is 3. The number of hydrogen-bond donors (Lipinski definition) is 0. The molecule has 2 unspecified atom stereocenters.